The van der Waals surface area contributed by atoms with Gasteiger partial charge in [-0.05, 0) is 21.2 Å². The molecule has 0 aliphatic carbocycles. The fourth-order valence-electron chi connectivity index (χ4n) is 3.46. The molecule has 1 aromatic heterocycles. The predicted octanol–water partition coefficient (Wildman–Crippen LogP) is -0.246. The van der Waals surface area contributed by atoms with Crippen molar-refractivity contribution < 1.29 is 9.69 Å². The Morgan fingerprint density at radius 1 is 1.08 bits per heavy atom. The summed E-state index contributed by atoms with van der Waals surface area (Å²) in [4.78, 5) is 15.7. The molecule has 1 N–H and O–H groups in total. The maximum absolute atomic E-state index is 12.3. The topological polar surface area (TPSA) is 68.4 Å². The summed E-state index contributed by atoms with van der Waals surface area (Å²) >= 11 is 0. The third-order valence-corrected chi connectivity index (χ3v) is 4.83. The smallest absolute Gasteiger partial charge is 0.244 e. The minimum Gasteiger partial charge on any atom is -0.330 e. The lowest BCUT2D eigenvalue weighted by atomic mass is 10.0. The van der Waals surface area contributed by atoms with Gasteiger partial charge in [0.1, 0.15) is 19.4 Å². The maximum Gasteiger partial charge on any atom is 0.244 e. The van der Waals surface area contributed by atoms with Crippen molar-refractivity contribution in [2.45, 2.75) is 13.1 Å². The normalized spacial score (nSPS) is 15.6. The number of nitrogens with one attached hydrogen (secondary N) is 1. The van der Waals surface area contributed by atoms with E-state index in [2.05, 4.69) is 58.0 Å². The summed E-state index contributed by atoms with van der Waals surface area (Å²) in [6.07, 6.45) is 1.47. The summed E-state index contributed by atoms with van der Waals surface area (Å²) in [5.74, 6) is 0.0801. The van der Waals surface area contributed by atoms with Crippen LogP contribution in [0.2, 0.25) is 0 Å². The van der Waals surface area contributed by atoms with Gasteiger partial charge in [-0.2, -0.15) is 0 Å². The van der Waals surface area contributed by atoms with Gasteiger partial charge >= 0.3 is 0 Å². The van der Waals surface area contributed by atoms with E-state index in [-0.39, 0.29) is 12.5 Å². The van der Waals surface area contributed by atoms with E-state index >= 15 is 0 Å². The summed E-state index contributed by atoms with van der Waals surface area (Å²) in [6, 6.07) is 15.0. The largest absolute Gasteiger partial charge is 0.330 e. The van der Waals surface area contributed by atoms with Crippen LogP contribution < -0.4 is 4.90 Å². The highest BCUT2D eigenvalue weighted by molar-refractivity contribution is 5.85. The molecular formula is C18H21N6O+. The van der Waals surface area contributed by atoms with Gasteiger partial charge in [0.05, 0.1) is 26.2 Å². The van der Waals surface area contributed by atoms with Crippen LogP contribution in [0.4, 0.5) is 0 Å². The third-order valence-electron chi connectivity index (χ3n) is 4.83. The van der Waals surface area contributed by atoms with Crippen LogP contribution in [0.5, 0.6) is 0 Å². The van der Waals surface area contributed by atoms with E-state index < -0.39 is 0 Å². The van der Waals surface area contributed by atoms with E-state index in [1.165, 1.54) is 32.2 Å². The molecule has 0 unspecified atom stereocenters. The second-order valence-electron chi connectivity index (χ2n) is 6.45. The van der Waals surface area contributed by atoms with Gasteiger partial charge in [0.2, 0.25) is 5.91 Å². The van der Waals surface area contributed by atoms with Crippen molar-refractivity contribution in [2.24, 2.45) is 0 Å². The zero-order chi connectivity index (χ0) is 17.1. The standard InChI is InChI=1S/C18H20N6O/c25-18(13-24-14-19-20-21-24)23-10-8-22(9-11-23)12-16-6-3-5-15-4-1-2-7-17(15)16/h1-7,14H,8-13H2/p+1. The molecule has 0 spiro atoms. The molecule has 4 rings (SSSR count). The number of carbonyl (C=O) groups excluding carboxylic acids is 1. The van der Waals surface area contributed by atoms with Gasteiger partial charge in [0.15, 0.2) is 0 Å². The Hall–Kier alpha value is -2.80. The Morgan fingerprint density at radius 3 is 2.68 bits per heavy atom. The van der Waals surface area contributed by atoms with Crippen LogP contribution in [-0.2, 0) is 17.9 Å². The Balaban J connectivity index is 1.36. The molecule has 128 valence electrons. The van der Waals surface area contributed by atoms with Crippen molar-refractivity contribution in [3.63, 3.8) is 0 Å². The minimum absolute atomic E-state index is 0.0801. The molecule has 3 aromatic rings. The van der Waals surface area contributed by atoms with E-state index in [9.17, 15) is 4.79 Å². The number of benzene rings is 2. The van der Waals surface area contributed by atoms with Gasteiger partial charge in [-0.3, -0.25) is 4.79 Å². The lowest BCUT2D eigenvalue weighted by molar-refractivity contribution is -0.917. The van der Waals surface area contributed by atoms with E-state index in [4.69, 9.17) is 0 Å². The van der Waals surface area contributed by atoms with Crippen LogP contribution in [0.1, 0.15) is 5.56 Å². The molecule has 2 heterocycles. The number of piperazine rings is 1. The van der Waals surface area contributed by atoms with Crippen molar-refractivity contribution >= 4 is 16.7 Å². The number of rotatable bonds is 4. The first-order valence-corrected chi connectivity index (χ1v) is 8.58. The molecule has 0 atom stereocenters. The van der Waals surface area contributed by atoms with Crippen LogP contribution in [0.25, 0.3) is 10.8 Å². The molecular weight excluding hydrogens is 316 g/mol. The zero-order valence-corrected chi connectivity index (χ0v) is 14.0. The first kappa shape index (κ1) is 15.7. The average molecular weight is 337 g/mol. The minimum atomic E-state index is 0.0801. The highest BCUT2D eigenvalue weighted by atomic mass is 16.2. The number of hydrogen-bond donors (Lipinski definition) is 1. The molecule has 25 heavy (non-hydrogen) atoms. The Labute approximate surface area is 145 Å². The molecule has 7 nitrogen and oxygen atoms in total. The van der Waals surface area contributed by atoms with Crippen molar-refractivity contribution in [1.29, 1.82) is 0 Å². The van der Waals surface area contributed by atoms with Gasteiger partial charge < -0.3 is 9.80 Å². The number of amides is 1. The number of nitrogens with zero attached hydrogens (tertiary/aromatic N) is 5. The Morgan fingerprint density at radius 2 is 1.88 bits per heavy atom. The van der Waals surface area contributed by atoms with Crippen LogP contribution in [0, 0.1) is 0 Å². The first-order valence-electron chi connectivity index (χ1n) is 8.58. The molecule has 2 aromatic carbocycles. The highest BCUT2D eigenvalue weighted by Crippen LogP contribution is 2.17. The van der Waals surface area contributed by atoms with E-state index in [0.29, 0.717) is 0 Å². The molecule has 1 aliphatic heterocycles. The molecule has 7 heteroatoms. The predicted molar refractivity (Wildman–Crippen MR) is 92.7 cm³/mol. The number of hydrogen-bond acceptors (Lipinski definition) is 4. The van der Waals surface area contributed by atoms with Gasteiger partial charge in [-0.15, -0.1) is 5.10 Å². The summed E-state index contributed by atoms with van der Waals surface area (Å²) in [6.45, 7) is 4.69. The molecule has 0 radical (unpaired) electrons. The molecule has 1 saturated heterocycles. The highest BCUT2D eigenvalue weighted by Gasteiger charge is 2.24. The van der Waals surface area contributed by atoms with Crippen molar-refractivity contribution in [2.75, 3.05) is 26.2 Å². The maximum atomic E-state index is 12.3. The number of carbonyl (C=O) groups is 1. The monoisotopic (exact) mass is 337 g/mol. The van der Waals surface area contributed by atoms with E-state index in [1.54, 1.807) is 0 Å². The van der Waals surface area contributed by atoms with Gasteiger partial charge in [0.25, 0.3) is 0 Å². The van der Waals surface area contributed by atoms with Crippen LogP contribution in [0.15, 0.2) is 48.8 Å². The fraction of sp³-hybridized carbons (Fsp3) is 0.333. The summed E-state index contributed by atoms with van der Waals surface area (Å²) in [7, 11) is 0. The average Bonchev–Trinajstić information content (AvgIpc) is 3.16. The lowest BCUT2D eigenvalue weighted by Crippen LogP contribution is -3.13. The third kappa shape index (κ3) is 3.51. The van der Waals surface area contributed by atoms with Crippen molar-refractivity contribution in [3.8, 4) is 0 Å². The summed E-state index contributed by atoms with van der Waals surface area (Å²) < 4.78 is 1.47. The molecule has 0 saturated carbocycles. The van der Waals surface area contributed by atoms with Crippen molar-refractivity contribution in [1.82, 2.24) is 25.1 Å². The Kier molecular flexibility index (Phi) is 4.39. The lowest BCUT2D eigenvalue weighted by Gasteiger charge is -2.32. The second kappa shape index (κ2) is 6.98. The number of tetrazole rings is 1. The zero-order valence-electron chi connectivity index (χ0n) is 14.0. The fourth-order valence-corrected chi connectivity index (χ4v) is 3.46. The molecule has 1 amide bonds. The number of aromatic nitrogens is 4. The molecule has 1 fully saturated rings. The summed E-state index contributed by atoms with van der Waals surface area (Å²) in [5.41, 5.74) is 1.38. The second-order valence-corrected chi connectivity index (χ2v) is 6.45. The summed E-state index contributed by atoms with van der Waals surface area (Å²) in [5, 5.41) is 13.5. The van der Waals surface area contributed by atoms with Gasteiger partial charge in [-0.25, -0.2) is 4.68 Å². The van der Waals surface area contributed by atoms with E-state index in [1.807, 2.05) is 4.90 Å². The van der Waals surface area contributed by atoms with Crippen LogP contribution in [0.3, 0.4) is 0 Å². The first-order chi connectivity index (χ1) is 12.3. The molecule has 1 aliphatic rings. The van der Waals surface area contributed by atoms with Gasteiger partial charge in [-0.1, -0.05) is 42.5 Å². The SMILES string of the molecule is O=C(Cn1cnnn1)N1CC[NH+](Cc2cccc3ccccc23)CC1. The number of quaternary nitrogens is 1. The van der Waals surface area contributed by atoms with Crippen LogP contribution >= 0.6 is 0 Å². The van der Waals surface area contributed by atoms with E-state index in [0.717, 1.165) is 32.7 Å². The molecule has 0 bridgehead atoms. The Bertz CT molecular complexity index is 850. The number of fused-ring (bicyclic) bond motifs is 1. The van der Waals surface area contributed by atoms with Gasteiger partial charge in [0, 0.05) is 5.56 Å². The van der Waals surface area contributed by atoms with Crippen LogP contribution in [-0.4, -0.2) is 57.2 Å². The van der Waals surface area contributed by atoms with Crippen molar-refractivity contribution in [3.05, 3.63) is 54.4 Å². The quantitative estimate of drug-likeness (QED) is 0.713.